The third-order valence-corrected chi connectivity index (χ3v) is 4.23. The number of carbonyl (C=O) groups is 1. The number of aromatic nitrogens is 2. The second-order valence-electron chi connectivity index (χ2n) is 5.36. The Kier molecular flexibility index (Phi) is 5.80. The number of nitrogens with zero attached hydrogens (tertiary/aromatic N) is 2. The Morgan fingerprint density at radius 3 is 2.60 bits per heavy atom. The molecule has 0 aliphatic heterocycles. The van der Waals surface area contributed by atoms with Crippen molar-refractivity contribution < 1.29 is 23.2 Å². The highest BCUT2D eigenvalue weighted by Crippen LogP contribution is 2.24. The van der Waals surface area contributed by atoms with Crippen LogP contribution in [0.3, 0.4) is 0 Å². The number of Topliss-reactive ketones (excluding diaryl/α,β-unsaturated/α-hetero) is 1. The van der Waals surface area contributed by atoms with E-state index in [4.69, 9.17) is 11.6 Å². The zero-order valence-electron chi connectivity index (χ0n) is 13.1. The van der Waals surface area contributed by atoms with Crippen LogP contribution in [-0.4, -0.2) is 15.5 Å². The van der Waals surface area contributed by atoms with Crippen LogP contribution in [0, 0.1) is 6.92 Å². The molecular weight excluding hydrogens is 418 g/mol. The number of hydrogen-bond donors (Lipinski definition) is 1. The number of rotatable bonds is 4. The predicted molar refractivity (Wildman–Crippen MR) is 95.9 cm³/mol. The van der Waals surface area contributed by atoms with E-state index in [0.717, 1.165) is 4.57 Å². The summed E-state index contributed by atoms with van der Waals surface area (Å²) in [7, 11) is 0. The lowest BCUT2D eigenvalue weighted by atomic mass is 10.1. The lowest BCUT2D eigenvalue weighted by Gasteiger charge is -2.04. The van der Waals surface area contributed by atoms with E-state index in [1.165, 1.54) is 29.7 Å². The van der Waals surface area contributed by atoms with Crippen LogP contribution in [-0.2, 0) is 6.54 Å². The van der Waals surface area contributed by atoms with E-state index < -0.39 is 6.55 Å². The Morgan fingerprint density at radius 1 is 1.28 bits per heavy atom. The van der Waals surface area contributed by atoms with E-state index in [1.807, 2.05) is 0 Å². The third kappa shape index (κ3) is 3.52. The Hall–Kier alpha value is -1.99. The standard InChI is InChI=1S/C17H13ClF2N2O2.BrH/c1-10-21(9-16(24)12-7-6-11(23)8-13(12)18)14-4-2-3-5-15(14)22(10)17(19)20;/h2-8,17H,9H2,1H3;1H/p+1. The number of phenolic OH excluding ortho intramolecular Hbond substituents is 1. The maximum absolute atomic E-state index is 13.4. The average Bonchev–Trinajstić information content (AvgIpc) is 2.79. The first-order chi connectivity index (χ1) is 11.4. The molecule has 0 saturated carbocycles. The number of halogens is 4. The van der Waals surface area contributed by atoms with Crippen LogP contribution in [0.5, 0.6) is 5.75 Å². The van der Waals surface area contributed by atoms with Crippen molar-refractivity contribution in [2.24, 2.45) is 0 Å². The van der Waals surface area contributed by atoms with Crippen molar-refractivity contribution in [3.05, 3.63) is 58.9 Å². The molecule has 132 valence electrons. The SMILES string of the molecule is Br.Cc1n(C(F)F)c2ccccc2[n+]1CC(=O)c1ccc(O)cc1Cl. The van der Waals surface area contributed by atoms with Crippen LogP contribution in [0.15, 0.2) is 42.5 Å². The lowest BCUT2D eigenvalue weighted by molar-refractivity contribution is -0.664. The molecule has 0 fully saturated rings. The number of para-hydroxylation sites is 2. The summed E-state index contributed by atoms with van der Waals surface area (Å²) in [6, 6.07) is 10.7. The van der Waals surface area contributed by atoms with Gasteiger partial charge in [0, 0.05) is 12.5 Å². The normalized spacial score (nSPS) is 10.9. The fourth-order valence-electron chi connectivity index (χ4n) is 2.78. The Bertz CT molecular complexity index is 944. The number of imidazole rings is 1. The molecule has 1 aromatic heterocycles. The molecule has 2 aromatic carbocycles. The van der Waals surface area contributed by atoms with Crippen molar-refractivity contribution in [3.8, 4) is 5.75 Å². The zero-order valence-corrected chi connectivity index (χ0v) is 15.6. The molecule has 0 saturated heterocycles. The van der Waals surface area contributed by atoms with E-state index >= 15 is 0 Å². The maximum atomic E-state index is 13.4. The molecule has 0 atom stereocenters. The van der Waals surface area contributed by atoms with Gasteiger partial charge in [0.2, 0.25) is 5.78 Å². The summed E-state index contributed by atoms with van der Waals surface area (Å²) in [4.78, 5) is 12.5. The van der Waals surface area contributed by atoms with Gasteiger partial charge < -0.3 is 5.11 Å². The number of fused-ring (bicyclic) bond motifs is 1. The van der Waals surface area contributed by atoms with Gasteiger partial charge in [-0.1, -0.05) is 23.7 Å². The molecule has 1 N–H and O–H groups in total. The summed E-state index contributed by atoms with van der Waals surface area (Å²) in [6.45, 7) is -1.29. The van der Waals surface area contributed by atoms with Crippen LogP contribution in [0.4, 0.5) is 8.78 Å². The molecule has 8 heteroatoms. The number of alkyl halides is 2. The van der Waals surface area contributed by atoms with E-state index in [-0.39, 0.29) is 51.5 Å². The van der Waals surface area contributed by atoms with Crippen LogP contribution in [0.25, 0.3) is 11.0 Å². The van der Waals surface area contributed by atoms with Crippen molar-refractivity contribution >= 4 is 45.4 Å². The van der Waals surface area contributed by atoms with Gasteiger partial charge in [0.05, 0.1) is 5.02 Å². The van der Waals surface area contributed by atoms with Gasteiger partial charge in [-0.05, 0) is 30.3 Å². The number of phenols is 1. The first-order valence-corrected chi connectivity index (χ1v) is 7.57. The Labute approximate surface area is 158 Å². The molecule has 0 amide bonds. The second kappa shape index (κ2) is 7.49. The summed E-state index contributed by atoms with van der Waals surface area (Å²) in [5.74, 6) is -0.102. The number of benzene rings is 2. The van der Waals surface area contributed by atoms with Gasteiger partial charge in [-0.2, -0.15) is 13.3 Å². The molecule has 0 bridgehead atoms. The fraction of sp³-hybridized carbons (Fsp3) is 0.176. The quantitative estimate of drug-likeness (QED) is 0.489. The van der Waals surface area contributed by atoms with Crippen LogP contribution < -0.4 is 4.57 Å². The molecule has 3 rings (SSSR count). The summed E-state index contributed by atoms with van der Waals surface area (Å²) in [5.41, 5.74) is 1.13. The molecule has 4 nitrogen and oxygen atoms in total. The van der Waals surface area contributed by atoms with Gasteiger partial charge >= 0.3 is 6.55 Å². The highest BCUT2D eigenvalue weighted by Gasteiger charge is 2.28. The molecule has 0 unspecified atom stereocenters. The van der Waals surface area contributed by atoms with Gasteiger partial charge in [-0.3, -0.25) is 4.79 Å². The fourth-order valence-corrected chi connectivity index (χ4v) is 3.06. The number of hydrogen-bond acceptors (Lipinski definition) is 2. The minimum atomic E-state index is -2.71. The number of ketones is 1. The highest BCUT2D eigenvalue weighted by molar-refractivity contribution is 8.93. The Morgan fingerprint density at radius 2 is 1.96 bits per heavy atom. The lowest BCUT2D eigenvalue weighted by Crippen LogP contribution is -2.40. The highest BCUT2D eigenvalue weighted by atomic mass is 79.9. The topological polar surface area (TPSA) is 46.1 Å². The monoisotopic (exact) mass is 431 g/mol. The zero-order chi connectivity index (χ0) is 17.4. The largest absolute Gasteiger partial charge is 0.508 e. The molecule has 0 aliphatic carbocycles. The molecule has 25 heavy (non-hydrogen) atoms. The molecule has 3 aromatic rings. The van der Waals surface area contributed by atoms with E-state index in [0.29, 0.717) is 11.0 Å². The van der Waals surface area contributed by atoms with Gasteiger partial charge in [0.15, 0.2) is 17.6 Å². The molecule has 0 spiro atoms. The predicted octanol–water partition coefficient (Wildman–Crippen LogP) is 4.45. The minimum Gasteiger partial charge on any atom is -0.508 e. The van der Waals surface area contributed by atoms with Gasteiger partial charge in [0.25, 0.3) is 5.82 Å². The maximum Gasteiger partial charge on any atom is 0.387 e. The van der Waals surface area contributed by atoms with Crippen molar-refractivity contribution in [3.63, 3.8) is 0 Å². The third-order valence-electron chi connectivity index (χ3n) is 3.92. The van der Waals surface area contributed by atoms with Gasteiger partial charge in [-0.25, -0.2) is 4.57 Å². The summed E-state index contributed by atoms with van der Waals surface area (Å²) < 4.78 is 29.1. The van der Waals surface area contributed by atoms with E-state index in [9.17, 15) is 18.7 Å². The number of aromatic hydroxyl groups is 1. The van der Waals surface area contributed by atoms with Crippen molar-refractivity contribution in [1.29, 1.82) is 0 Å². The molecule has 0 radical (unpaired) electrons. The number of carbonyl (C=O) groups excluding carboxylic acids is 1. The van der Waals surface area contributed by atoms with Gasteiger partial charge in [0.1, 0.15) is 5.75 Å². The average molecular weight is 433 g/mol. The van der Waals surface area contributed by atoms with Crippen molar-refractivity contribution in [2.75, 3.05) is 0 Å². The van der Waals surface area contributed by atoms with Crippen LogP contribution in [0.1, 0.15) is 22.7 Å². The summed E-state index contributed by atoms with van der Waals surface area (Å²) in [6.07, 6.45) is 0. The second-order valence-corrected chi connectivity index (χ2v) is 5.76. The molecule has 0 aliphatic rings. The van der Waals surface area contributed by atoms with E-state index in [2.05, 4.69) is 0 Å². The summed E-state index contributed by atoms with van der Waals surface area (Å²) >= 11 is 5.99. The summed E-state index contributed by atoms with van der Waals surface area (Å²) in [5, 5.41) is 9.49. The van der Waals surface area contributed by atoms with Crippen LogP contribution in [0.2, 0.25) is 5.02 Å². The molecular formula is C17H15BrClF2N2O2+. The molecule has 1 heterocycles. The first kappa shape index (κ1) is 19.3. The smallest absolute Gasteiger partial charge is 0.387 e. The van der Waals surface area contributed by atoms with Gasteiger partial charge in [-0.15, -0.1) is 17.0 Å². The van der Waals surface area contributed by atoms with E-state index in [1.54, 1.807) is 24.3 Å². The minimum absolute atomic E-state index is 0. The van der Waals surface area contributed by atoms with Crippen molar-refractivity contribution in [2.45, 2.75) is 20.0 Å². The van der Waals surface area contributed by atoms with Crippen molar-refractivity contribution in [1.82, 2.24) is 4.57 Å². The Balaban J connectivity index is 0.00000225. The first-order valence-electron chi connectivity index (χ1n) is 7.19. The van der Waals surface area contributed by atoms with Crippen LogP contribution >= 0.6 is 28.6 Å².